The first kappa shape index (κ1) is 11.7. The monoisotopic (exact) mass is 229 g/mol. The Hall–Kier alpha value is -1.40. The second kappa shape index (κ2) is 4.00. The van der Waals surface area contributed by atoms with Gasteiger partial charge in [0.15, 0.2) is 0 Å². The van der Waals surface area contributed by atoms with Crippen LogP contribution in [-0.4, -0.2) is 19.5 Å². The van der Waals surface area contributed by atoms with Crippen LogP contribution in [0.3, 0.4) is 0 Å². The molecule has 0 unspecified atom stereocenters. The fourth-order valence-corrected chi connectivity index (χ4v) is 2.09. The van der Waals surface area contributed by atoms with Crippen molar-refractivity contribution in [2.24, 2.45) is 5.14 Å². The van der Waals surface area contributed by atoms with Gasteiger partial charge in [-0.3, -0.25) is 4.79 Å². The Labute approximate surface area is 87.6 Å². The summed E-state index contributed by atoms with van der Waals surface area (Å²) in [6.45, 7) is 1.71. The zero-order valence-corrected chi connectivity index (χ0v) is 8.91. The molecule has 15 heavy (non-hydrogen) atoms. The number of carbonyl (C=O) groups is 1. The van der Waals surface area contributed by atoms with E-state index in [1.165, 1.54) is 12.1 Å². The summed E-state index contributed by atoms with van der Waals surface area (Å²) in [5.74, 6) is -1.09. The summed E-state index contributed by atoms with van der Waals surface area (Å²) in [5, 5.41) is 13.6. The van der Waals surface area contributed by atoms with Gasteiger partial charge in [0, 0.05) is 0 Å². The van der Waals surface area contributed by atoms with E-state index in [1.54, 1.807) is 13.0 Å². The quantitative estimate of drug-likeness (QED) is 0.777. The molecule has 1 aromatic carbocycles. The molecule has 0 aliphatic heterocycles. The lowest BCUT2D eigenvalue weighted by Gasteiger charge is -2.06. The number of aliphatic carboxylic acids is 1. The molecular weight excluding hydrogens is 218 g/mol. The Morgan fingerprint density at radius 2 is 2.07 bits per heavy atom. The topological polar surface area (TPSA) is 97.5 Å². The lowest BCUT2D eigenvalue weighted by atomic mass is 10.1. The van der Waals surface area contributed by atoms with Crippen molar-refractivity contribution in [2.75, 3.05) is 0 Å². The molecule has 82 valence electrons. The third kappa shape index (κ3) is 3.03. The number of rotatable bonds is 3. The minimum Gasteiger partial charge on any atom is -0.481 e. The molecule has 1 aromatic rings. The molecule has 0 fully saturated rings. The number of primary sulfonamides is 1. The highest BCUT2D eigenvalue weighted by molar-refractivity contribution is 7.89. The van der Waals surface area contributed by atoms with E-state index in [0.29, 0.717) is 5.56 Å². The molecule has 0 saturated carbocycles. The van der Waals surface area contributed by atoms with Crippen molar-refractivity contribution in [1.29, 1.82) is 0 Å². The van der Waals surface area contributed by atoms with Crippen LogP contribution >= 0.6 is 0 Å². The van der Waals surface area contributed by atoms with Crippen LogP contribution in [-0.2, 0) is 21.2 Å². The van der Waals surface area contributed by atoms with Crippen LogP contribution in [0.15, 0.2) is 23.1 Å². The van der Waals surface area contributed by atoms with Gasteiger partial charge in [0.1, 0.15) is 0 Å². The van der Waals surface area contributed by atoms with Crippen molar-refractivity contribution in [3.63, 3.8) is 0 Å². The van der Waals surface area contributed by atoms with E-state index in [9.17, 15) is 13.2 Å². The molecule has 0 aliphatic rings. The normalized spacial score (nSPS) is 11.3. The molecule has 0 atom stereocenters. The SMILES string of the molecule is Cc1ccc(CC(=O)O)c(S(N)(=O)=O)c1. The highest BCUT2D eigenvalue weighted by atomic mass is 32.2. The summed E-state index contributed by atoms with van der Waals surface area (Å²) in [6.07, 6.45) is -0.355. The molecule has 0 saturated heterocycles. The summed E-state index contributed by atoms with van der Waals surface area (Å²) < 4.78 is 22.3. The van der Waals surface area contributed by atoms with Gasteiger partial charge in [-0.2, -0.15) is 0 Å². The number of sulfonamides is 1. The second-order valence-corrected chi connectivity index (χ2v) is 4.76. The number of benzene rings is 1. The lowest BCUT2D eigenvalue weighted by molar-refractivity contribution is -0.136. The minimum absolute atomic E-state index is 0.120. The second-order valence-electron chi connectivity index (χ2n) is 3.23. The van der Waals surface area contributed by atoms with Gasteiger partial charge in [-0.25, -0.2) is 13.6 Å². The fraction of sp³-hybridized carbons (Fsp3) is 0.222. The van der Waals surface area contributed by atoms with E-state index in [0.717, 1.165) is 0 Å². The van der Waals surface area contributed by atoms with E-state index in [1.807, 2.05) is 0 Å². The van der Waals surface area contributed by atoms with Gasteiger partial charge in [0.2, 0.25) is 10.0 Å². The Morgan fingerprint density at radius 1 is 1.47 bits per heavy atom. The van der Waals surface area contributed by atoms with Crippen LogP contribution in [0.5, 0.6) is 0 Å². The van der Waals surface area contributed by atoms with E-state index >= 15 is 0 Å². The summed E-state index contributed by atoms with van der Waals surface area (Å²) >= 11 is 0. The molecule has 0 bridgehead atoms. The maximum absolute atomic E-state index is 11.2. The van der Waals surface area contributed by atoms with Crippen LogP contribution < -0.4 is 5.14 Å². The molecular formula is C9H11NO4S. The molecule has 0 radical (unpaired) electrons. The Morgan fingerprint density at radius 3 is 2.53 bits per heavy atom. The lowest BCUT2D eigenvalue weighted by Crippen LogP contribution is -2.16. The number of hydrogen-bond acceptors (Lipinski definition) is 3. The van der Waals surface area contributed by atoms with Gasteiger partial charge in [-0.05, 0) is 24.1 Å². The van der Waals surface area contributed by atoms with Gasteiger partial charge < -0.3 is 5.11 Å². The van der Waals surface area contributed by atoms with Crippen LogP contribution in [0.4, 0.5) is 0 Å². The Bertz CT molecular complexity index is 493. The predicted octanol–water partition coefficient (Wildman–Crippen LogP) is 0.270. The smallest absolute Gasteiger partial charge is 0.307 e. The van der Waals surface area contributed by atoms with Crippen molar-refractivity contribution in [3.05, 3.63) is 29.3 Å². The number of nitrogens with two attached hydrogens (primary N) is 1. The molecule has 0 aliphatic carbocycles. The van der Waals surface area contributed by atoms with Crippen LogP contribution in [0.25, 0.3) is 0 Å². The third-order valence-electron chi connectivity index (χ3n) is 1.87. The van der Waals surface area contributed by atoms with E-state index in [-0.39, 0.29) is 16.9 Å². The summed E-state index contributed by atoms with van der Waals surface area (Å²) in [6, 6.07) is 4.48. The van der Waals surface area contributed by atoms with Gasteiger partial charge in [0.25, 0.3) is 0 Å². The van der Waals surface area contributed by atoms with E-state index < -0.39 is 16.0 Å². The molecule has 0 aromatic heterocycles. The van der Waals surface area contributed by atoms with Crippen LogP contribution in [0.2, 0.25) is 0 Å². The van der Waals surface area contributed by atoms with Gasteiger partial charge in [0.05, 0.1) is 11.3 Å². The van der Waals surface area contributed by atoms with E-state index in [4.69, 9.17) is 10.2 Å². The first-order valence-corrected chi connectivity index (χ1v) is 5.69. The largest absolute Gasteiger partial charge is 0.481 e. The first-order chi connectivity index (χ1) is 6.80. The molecule has 0 heterocycles. The Kier molecular flexibility index (Phi) is 3.11. The Balaban J connectivity index is 3.33. The van der Waals surface area contributed by atoms with Crippen molar-refractivity contribution >= 4 is 16.0 Å². The standard InChI is InChI=1S/C9H11NO4S/c1-6-2-3-7(5-9(11)12)8(4-6)15(10,13)14/h2-4H,5H2,1H3,(H,11,12)(H2,10,13,14). The maximum Gasteiger partial charge on any atom is 0.307 e. The zero-order valence-electron chi connectivity index (χ0n) is 8.10. The van der Waals surface area contributed by atoms with Gasteiger partial charge >= 0.3 is 5.97 Å². The zero-order chi connectivity index (χ0) is 11.6. The average molecular weight is 229 g/mol. The highest BCUT2D eigenvalue weighted by Gasteiger charge is 2.15. The number of carboxylic acids is 1. The minimum atomic E-state index is -3.86. The van der Waals surface area contributed by atoms with E-state index in [2.05, 4.69) is 0 Å². The highest BCUT2D eigenvalue weighted by Crippen LogP contribution is 2.16. The molecule has 5 nitrogen and oxygen atoms in total. The van der Waals surface area contributed by atoms with Crippen LogP contribution in [0, 0.1) is 6.92 Å². The maximum atomic E-state index is 11.2. The number of carboxylic acid groups (broad SMARTS) is 1. The van der Waals surface area contributed by atoms with Crippen molar-refractivity contribution < 1.29 is 18.3 Å². The van der Waals surface area contributed by atoms with Crippen molar-refractivity contribution in [3.8, 4) is 0 Å². The molecule has 0 amide bonds. The molecule has 0 spiro atoms. The first-order valence-electron chi connectivity index (χ1n) is 4.15. The molecule has 1 rings (SSSR count). The average Bonchev–Trinajstić information content (AvgIpc) is 2.05. The summed E-state index contributed by atoms with van der Waals surface area (Å²) in [5.41, 5.74) is 0.920. The third-order valence-corrected chi connectivity index (χ3v) is 2.86. The van der Waals surface area contributed by atoms with Crippen LogP contribution in [0.1, 0.15) is 11.1 Å². The van der Waals surface area contributed by atoms with Crippen molar-refractivity contribution in [1.82, 2.24) is 0 Å². The number of hydrogen-bond donors (Lipinski definition) is 2. The predicted molar refractivity (Wildman–Crippen MR) is 53.9 cm³/mol. The van der Waals surface area contributed by atoms with Crippen molar-refractivity contribution in [2.45, 2.75) is 18.2 Å². The van der Waals surface area contributed by atoms with Gasteiger partial charge in [-0.15, -0.1) is 0 Å². The van der Waals surface area contributed by atoms with Gasteiger partial charge in [-0.1, -0.05) is 12.1 Å². The molecule has 6 heteroatoms. The number of aryl methyl sites for hydroxylation is 1. The summed E-state index contributed by atoms with van der Waals surface area (Å²) in [4.78, 5) is 10.4. The summed E-state index contributed by atoms with van der Waals surface area (Å²) in [7, 11) is -3.86. The fourth-order valence-electron chi connectivity index (χ4n) is 1.24. The molecule has 3 N–H and O–H groups in total.